The molecular weight excluding hydrogens is 353 g/mol. The maximum Gasteiger partial charge on any atom is 0.263 e. The van der Waals surface area contributed by atoms with Crippen molar-refractivity contribution in [3.63, 3.8) is 0 Å². The fourth-order valence-corrected chi connectivity index (χ4v) is 3.65. The number of carbonyl (C=O) groups is 1. The molecule has 0 radical (unpaired) electrons. The topological polar surface area (TPSA) is 79.4 Å². The van der Waals surface area contributed by atoms with Crippen LogP contribution in [0.4, 0.5) is 9.52 Å². The number of anilines is 1. The van der Waals surface area contributed by atoms with Crippen LogP contribution in [0, 0.1) is 12.7 Å². The first kappa shape index (κ1) is 18.3. The van der Waals surface area contributed by atoms with E-state index in [2.05, 4.69) is 10.3 Å². The second-order valence-electron chi connectivity index (χ2n) is 5.39. The van der Waals surface area contributed by atoms with Gasteiger partial charge in [0.05, 0.1) is 18.0 Å². The lowest BCUT2D eigenvalue weighted by Gasteiger charge is -2.14. The first-order chi connectivity index (χ1) is 11.1. The molecule has 1 amide bonds. The molecule has 0 aliphatic carbocycles. The van der Waals surface area contributed by atoms with Gasteiger partial charge < -0.3 is 5.32 Å². The molecule has 1 heterocycles. The number of nitrogens with zero attached hydrogens (tertiary/aromatic N) is 2. The third-order valence-corrected chi connectivity index (χ3v) is 5.99. The van der Waals surface area contributed by atoms with Crippen LogP contribution in [0.3, 0.4) is 0 Å². The SMILES string of the molecule is Cc1nc(N(C)S(C)(=O)=O)sc1C(=O)NC(C)c1ccc(F)cc1. The Balaban J connectivity index is 2.18. The molecule has 1 unspecified atom stereocenters. The van der Waals surface area contributed by atoms with E-state index in [4.69, 9.17) is 0 Å². The van der Waals surface area contributed by atoms with Crippen LogP contribution in [0.15, 0.2) is 24.3 Å². The number of aromatic nitrogens is 1. The summed E-state index contributed by atoms with van der Waals surface area (Å²) in [5.41, 5.74) is 1.22. The van der Waals surface area contributed by atoms with E-state index in [0.717, 1.165) is 27.5 Å². The van der Waals surface area contributed by atoms with Crippen LogP contribution in [-0.4, -0.2) is 32.6 Å². The van der Waals surface area contributed by atoms with Crippen molar-refractivity contribution in [3.8, 4) is 0 Å². The number of thiazole rings is 1. The van der Waals surface area contributed by atoms with Gasteiger partial charge in [-0.3, -0.25) is 4.79 Å². The molecule has 0 spiro atoms. The summed E-state index contributed by atoms with van der Waals surface area (Å²) in [4.78, 5) is 16.9. The lowest BCUT2D eigenvalue weighted by atomic mass is 10.1. The Morgan fingerprint density at radius 3 is 2.46 bits per heavy atom. The number of aryl methyl sites for hydroxylation is 1. The van der Waals surface area contributed by atoms with Crippen molar-refractivity contribution in [2.24, 2.45) is 0 Å². The standard InChI is InChI=1S/C15H18FN3O3S2/c1-9(11-5-7-12(16)8-6-11)17-14(20)13-10(2)18-15(23-13)19(3)24(4,21)22/h5-9H,1-4H3,(H,17,20). The van der Waals surface area contributed by atoms with Crippen LogP contribution in [0.25, 0.3) is 0 Å². The summed E-state index contributed by atoms with van der Waals surface area (Å²) in [6.45, 7) is 3.43. The minimum atomic E-state index is -3.44. The zero-order chi connectivity index (χ0) is 18.1. The molecule has 0 saturated heterocycles. The molecule has 0 saturated carbocycles. The number of sulfonamides is 1. The summed E-state index contributed by atoms with van der Waals surface area (Å²) < 4.78 is 37.1. The van der Waals surface area contributed by atoms with Crippen LogP contribution in [0.1, 0.15) is 33.9 Å². The molecule has 2 aromatic rings. The number of carbonyl (C=O) groups excluding carboxylic acids is 1. The van der Waals surface area contributed by atoms with Gasteiger partial charge in [-0.25, -0.2) is 22.1 Å². The van der Waals surface area contributed by atoms with Gasteiger partial charge in [0, 0.05) is 7.05 Å². The van der Waals surface area contributed by atoms with Gasteiger partial charge in [0.15, 0.2) is 5.13 Å². The smallest absolute Gasteiger partial charge is 0.263 e. The number of nitrogens with one attached hydrogen (secondary N) is 1. The molecule has 0 aliphatic heterocycles. The van der Waals surface area contributed by atoms with Gasteiger partial charge in [0.2, 0.25) is 10.0 Å². The van der Waals surface area contributed by atoms with Crippen LogP contribution in [-0.2, 0) is 10.0 Å². The summed E-state index contributed by atoms with van der Waals surface area (Å²) in [5.74, 6) is -0.695. The van der Waals surface area contributed by atoms with Crippen LogP contribution in [0.5, 0.6) is 0 Å². The van der Waals surface area contributed by atoms with Crippen molar-refractivity contribution in [1.29, 1.82) is 0 Å². The molecule has 6 nitrogen and oxygen atoms in total. The molecule has 2 rings (SSSR count). The maximum absolute atomic E-state index is 13.0. The Bertz CT molecular complexity index is 847. The second-order valence-corrected chi connectivity index (χ2v) is 8.38. The zero-order valence-corrected chi connectivity index (χ0v) is 15.3. The molecule has 1 aromatic carbocycles. The van der Waals surface area contributed by atoms with Crippen molar-refractivity contribution in [2.45, 2.75) is 19.9 Å². The predicted molar refractivity (Wildman–Crippen MR) is 92.4 cm³/mol. The molecule has 9 heteroatoms. The molecule has 24 heavy (non-hydrogen) atoms. The molecule has 130 valence electrons. The van der Waals surface area contributed by atoms with E-state index >= 15 is 0 Å². The molecule has 0 aliphatic rings. The quantitative estimate of drug-likeness (QED) is 0.876. The van der Waals surface area contributed by atoms with E-state index < -0.39 is 10.0 Å². The number of rotatable bonds is 5. The van der Waals surface area contributed by atoms with Crippen LogP contribution >= 0.6 is 11.3 Å². The minimum Gasteiger partial charge on any atom is -0.345 e. The summed E-state index contributed by atoms with van der Waals surface area (Å²) in [6, 6.07) is 5.53. The van der Waals surface area contributed by atoms with Crippen molar-refractivity contribution in [1.82, 2.24) is 10.3 Å². The van der Waals surface area contributed by atoms with Crippen molar-refractivity contribution in [2.75, 3.05) is 17.6 Å². The fourth-order valence-electron chi connectivity index (χ4n) is 1.97. The Hall–Kier alpha value is -2.00. The van der Waals surface area contributed by atoms with Gasteiger partial charge in [0.25, 0.3) is 5.91 Å². The lowest BCUT2D eigenvalue weighted by molar-refractivity contribution is 0.0943. The van der Waals surface area contributed by atoms with E-state index in [0.29, 0.717) is 10.6 Å². The van der Waals surface area contributed by atoms with E-state index in [1.165, 1.54) is 19.2 Å². The monoisotopic (exact) mass is 371 g/mol. The number of hydrogen-bond acceptors (Lipinski definition) is 5. The Morgan fingerprint density at radius 2 is 1.92 bits per heavy atom. The van der Waals surface area contributed by atoms with Gasteiger partial charge in [-0.2, -0.15) is 0 Å². The van der Waals surface area contributed by atoms with E-state index in [1.807, 2.05) is 0 Å². The normalized spacial score (nSPS) is 12.7. The van der Waals surface area contributed by atoms with E-state index in [1.54, 1.807) is 26.0 Å². The van der Waals surface area contributed by atoms with Crippen molar-refractivity contribution < 1.29 is 17.6 Å². The summed E-state index contributed by atoms with van der Waals surface area (Å²) in [7, 11) is -2.06. The van der Waals surface area contributed by atoms with Gasteiger partial charge in [0.1, 0.15) is 10.7 Å². The van der Waals surface area contributed by atoms with Crippen molar-refractivity contribution in [3.05, 3.63) is 46.2 Å². The largest absolute Gasteiger partial charge is 0.345 e. The summed E-state index contributed by atoms with van der Waals surface area (Å²) in [5, 5.41) is 3.04. The molecule has 0 bridgehead atoms. The molecule has 1 N–H and O–H groups in total. The first-order valence-electron chi connectivity index (χ1n) is 7.07. The third kappa shape index (κ3) is 4.09. The lowest BCUT2D eigenvalue weighted by Crippen LogP contribution is -2.26. The molecule has 0 fully saturated rings. The maximum atomic E-state index is 13.0. The third-order valence-electron chi connectivity index (χ3n) is 3.48. The van der Waals surface area contributed by atoms with Gasteiger partial charge in [-0.05, 0) is 31.5 Å². The zero-order valence-electron chi connectivity index (χ0n) is 13.7. The summed E-state index contributed by atoms with van der Waals surface area (Å²) >= 11 is 1.01. The average Bonchev–Trinajstić information content (AvgIpc) is 2.88. The number of halogens is 1. The van der Waals surface area contributed by atoms with Crippen LogP contribution < -0.4 is 9.62 Å². The molecule has 1 atom stereocenters. The fraction of sp³-hybridized carbons (Fsp3) is 0.333. The Kier molecular flexibility index (Phi) is 5.24. The Morgan fingerprint density at radius 1 is 1.33 bits per heavy atom. The summed E-state index contributed by atoms with van der Waals surface area (Å²) in [6.07, 6.45) is 1.07. The predicted octanol–water partition coefficient (Wildman–Crippen LogP) is 2.48. The van der Waals surface area contributed by atoms with E-state index in [-0.39, 0.29) is 22.9 Å². The van der Waals surface area contributed by atoms with Gasteiger partial charge in [-0.15, -0.1) is 0 Å². The number of benzene rings is 1. The second kappa shape index (κ2) is 6.86. The Labute approximate surface area is 144 Å². The first-order valence-corrected chi connectivity index (χ1v) is 9.73. The van der Waals surface area contributed by atoms with Crippen LogP contribution in [0.2, 0.25) is 0 Å². The average molecular weight is 371 g/mol. The van der Waals surface area contributed by atoms with Gasteiger partial charge in [-0.1, -0.05) is 23.5 Å². The minimum absolute atomic E-state index is 0.231. The van der Waals surface area contributed by atoms with E-state index in [9.17, 15) is 17.6 Å². The number of hydrogen-bond donors (Lipinski definition) is 1. The van der Waals surface area contributed by atoms with Crippen molar-refractivity contribution >= 4 is 32.4 Å². The molecule has 1 aromatic heterocycles. The highest BCUT2D eigenvalue weighted by Gasteiger charge is 2.22. The highest BCUT2D eigenvalue weighted by Crippen LogP contribution is 2.27. The highest BCUT2D eigenvalue weighted by atomic mass is 32.2. The number of amides is 1. The highest BCUT2D eigenvalue weighted by molar-refractivity contribution is 7.92. The van der Waals surface area contributed by atoms with Gasteiger partial charge >= 0.3 is 0 Å². The molecular formula is C15H18FN3O3S2.